The molecule has 0 aromatic heterocycles. The van der Waals surface area contributed by atoms with E-state index in [1.807, 2.05) is 49.4 Å². The summed E-state index contributed by atoms with van der Waals surface area (Å²) in [6.45, 7) is 3.73. The van der Waals surface area contributed by atoms with Gasteiger partial charge in [-0.15, -0.1) is 0 Å². The van der Waals surface area contributed by atoms with Crippen LogP contribution in [0.25, 0.3) is 0 Å². The highest BCUT2D eigenvalue weighted by molar-refractivity contribution is 7.92. The van der Waals surface area contributed by atoms with Gasteiger partial charge in [-0.05, 0) is 68.1 Å². The van der Waals surface area contributed by atoms with E-state index in [-0.39, 0.29) is 16.6 Å². The van der Waals surface area contributed by atoms with Crippen molar-refractivity contribution in [3.05, 3.63) is 83.9 Å². The third-order valence-corrected chi connectivity index (χ3v) is 7.54. The summed E-state index contributed by atoms with van der Waals surface area (Å²) in [4.78, 5) is 14.9. The molecule has 0 unspecified atom stereocenters. The van der Waals surface area contributed by atoms with Crippen molar-refractivity contribution in [2.24, 2.45) is 5.92 Å². The normalized spacial score (nSPS) is 14.4. The molecule has 1 heterocycles. The highest BCUT2D eigenvalue weighted by Crippen LogP contribution is 2.28. The molecule has 1 N–H and O–H groups in total. The minimum absolute atomic E-state index is 0.0717. The van der Waals surface area contributed by atoms with Gasteiger partial charge in [0.1, 0.15) is 16.4 Å². The van der Waals surface area contributed by atoms with Crippen LogP contribution in [-0.2, 0) is 10.0 Å². The molecule has 3 aromatic carbocycles. The van der Waals surface area contributed by atoms with Crippen molar-refractivity contribution in [1.82, 2.24) is 4.90 Å². The lowest BCUT2D eigenvalue weighted by atomic mass is 9.97. The second-order valence-corrected chi connectivity index (χ2v) is 10.3. The van der Waals surface area contributed by atoms with Crippen LogP contribution in [0.4, 0.5) is 5.69 Å². The van der Waals surface area contributed by atoms with Crippen molar-refractivity contribution >= 4 is 21.6 Å². The zero-order valence-corrected chi connectivity index (χ0v) is 20.8. The number of carbonyl (C=O) groups is 1. The Kier molecular flexibility index (Phi) is 7.60. The number of ether oxygens (including phenoxy) is 2. The Bertz CT molecular complexity index is 1250. The second kappa shape index (κ2) is 10.8. The summed E-state index contributed by atoms with van der Waals surface area (Å²) in [6, 6.07) is 21.3. The highest BCUT2D eigenvalue weighted by atomic mass is 32.2. The number of hydrogen-bond donors (Lipinski definition) is 1. The number of hydrogen-bond acceptors (Lipinski definition) is 5. The Hall–Kier alpha value is -3.52. The monoisotopic (exact) mass is 494 g/mol. The lowest BCUT2D eigenvalue weighted by Gasteiger charge is -2.32. The first kappa shape index (κ1) is 24.6. The van der Waals surface area contributed by atoms with E-state index >= 15 is 0 Å². The maximum absolute atomic E-state index is 13.2. The number of aryl methyl sites for hydroxylation is 1. The molecule has 0 atom stereocenters. The molecule has 1 saturated heterocycles. The van der Waals surface area contributed by atoms with Gasteiger partial charge in [0.05, 0.1) is 13.7 Å². The van der Waals surface area contributed by atoms with Gasteiger partial charge in [0.15, 0.2) is 0 Å². The van der Waals surface area contributed by atoms with Crippen LogP contribution in [0.2, 0.25) is 0 Å². The van der Waals surface area contributed by atoms with E-state index in [1.54, 1.807) is 23.1 Å². The standard InChI is InChI=1S/C27H30N2O5S/c1-20-8-11-23(12-9-20)28-35(31,32)26-18-22(10-13-25(26)33-2)27(30)29-16-14-21(15-17-29)19-34-24-6-4-3-5-7-24/h3-13,18,21,28H,14-17,19H2,1-2H3. The number of methoxy groups -OCH3 is 1. The summed E-state index contributed by atoms with van der Waals surface area (Å²) < 4.78 is 40.0. The van der Waals surface area contributed by atoms with Crippen molar-refractivity contribution in [3.8, 4) is 11.5 Å². The number of piperidine rings is 1. The molecular weight excluding hydrogens is 464 g/mol. The number of rotatable bonds is 8. The van der Waals surface area contributed by atoms with E-state index < -0.39 is 10.0 Å². The van der Waals surface area contributed by atoms with Crippen LogP contribution in [0, 0.1) is 12.8 Å². The van der Waals surface area contributed by atoms with Crippen molar-refractivity contribution in [3.63, 3.8) is 0 Å². The quantitative estimate of drug-likeness (QED) is 0.489. The zero-order valence-electron chi connectivity index (χ0n) is 19.9. The van der Waals surface area contributed by atoms with Crippen molar-refractivity contribution < 1.29 is 22.7 Å². The molecule has 0 bridgehead atoms. The van der Waals surface area contributed by atoms with Gasteiger partial charge in [0.25, 0.3) is 15.9 Å². The number of carbonyl (C=O) groups excluding carboxylic acids is 1. The number of anilines is 1. The molecule has 0 saturated carbocycles. The summed E-state index contributed by atoms with van der Waals surface area (Å²) in [5, 5.41) is 0. The predicted molar refractivity (Wildman–Crippen MR) is 136 cm³/mol. The van der Waals surface area contributed by atoms with E-state index in [1.165, 1.54) is 19.2 Å². The molecule has 35 heavy (non-hydrogen) atoms. The first-order valence-electron chi connectivity index (χ1n) is 11.6. The number of amides is 1. The summed E-state index contributed by atoms with van der Waals surface area (Å²) in [5.74, 6) is 1.20. The van der Waals surface area contributed by atoms with E-state index in [2.05, 4.69) is 4.72 Å². The third-order valence-electron chi connectivity index (χ3n) is 6.13. The van der Waals surface area contributed by atoms with E-state index in [9.17, 15) is 13.2 Å². The largest absolute Gasteiger partial charge is 0.495 e. The van der Waals surface area contributed by atoms with Gasteiger partial charge in [-0.2, -0.15) is 0 Å². The number of sulfonamides is 1. The molecule has 1 amide bonds. The Morgan fingerprint density at radius 1 is 1.00 bits per heavy atom. The lowest BCUT2D eigenvalue weighted by molar-refractivity contribution is 0.0660. The fraction of sp³-hybridized carbons (Fsp3) is 0.296. The molecular formula is C27H30N2O5S. The van der Waals surface area contributed by atoms with E-state index in [0.717, 1.165) is 24.2 Å². The Labute approximate surface area is 206 Å². The highest BCUT2D eigenvalue weighted by Gasteiger charge is 2.27. The van der Waals surface area contributed by atoms with Gasteiger partial charge in [-0.1, -0.05) is 35.9 Å². The van der Waals surface area contributed by atoms with Crippen LogP contribution < -0.4 is 14.2 Å². The maximum atomic E-state index is 13.2. The predicted octanol–water partition coefficient (Wildman–Crippen LogP) is 4.74. The molecule has 0 radical (unpaired) electrons. The number of likely N-dealkylation sites (tertiary alicyclic amines) is 1. The summed E-state index contributed by atoms with van der Waals surface area (Å²) in [6.07, 6.45) is 1.66. The fourth-order valence-corrected chi connectivity index (χ4v) is 5.32. The number of nitrogens with zero attached hydrogens (tertiary/aromatic N) is 1. The van der Waals surface area contributed by atoms with E-state index in [0.29, 0.717) is 36.9 Å². The average Bonchev–Trinajstić information content (AvgIpc) is 2.89. The first-order chi connectivity index (χ1) is 16.9. The molecule has 1 fully saturated rings. The van der Waals surface area contributed by atoms with Crippen molar-refractivity contribution in [2.75, 3.05) is 31.5 Å². The summed E-state index contributed by atoms with van der Waals surface area (Å²) in [5.41, 5.74) is 1.77. The molecule has 0 spiro atoms. The maximum Gasteiger partial charge on any atom is 0.265 e. The average molecular weight is 495 g/mol. The van der Waals surface area contributed by atoms with Gasteiger partial charge >= 0.3 is 0 Å². The van der Waals surface area contributed by atoms with Crippen LogP contribution in [0.15, 0.2) is 77.7 Å². The second-order valence-electron chi connectivity index (χ2n) is 8.70. The molecule has 1 aliphatic rings. The van der Waals surface area contributed by atoms with Gasteiger partial charge in [0, 0.05) is 24.3 Å². The number of benzene rings is 3. The molecule has 8 heteroatoms. The Morgan fingerprint density at radius 3 is 2.34 bits per heavy atom. The topological polar surface area (TPSA) is 84.9 Å². The molecule has 184 valence electrons. The SMILES string of the molecule is COc1ccc(C(=O)N2CCC(COc3ccccc3)CC2)cc1S(=O)(=O)Nc1ccc(C)cc1. The smallest absolute Gasteiger partial charge is 0.265 e. The minimum Gasteiger partial charge on any atom is -0.495 e. The van der Waals surface area contributed by atoms with Crippen LogP contribution in [0.1, 0.15) is 28.8 Å². The third kappa shape index (κ3) is 6.14. The summed E-state index contributed by atoms with van der Waals surface area (Å²) >= 11 is 0. The van der Waals surface area contributed by atoms with E-state index in [4.69, 9.17) is 9.47 Å². The number of nitrogens with one attached hydrogen (secondary N) is 1. The van der Waals surface area contributed by atoms with Crippen LogP contribution >= 0.6 is 0 Å². The molecule has 4 rings (SSSR count). The van der Waals surface area contributed by atoms with Gasteiger partial charge in [0.2, 0.25) is 0 Å². The Morgan fingerprint density at radius 2 is 1.69 bits per heavy atom. The molecule has 1 aliphatic heterocycles. The Balaban J connectivity index is 1.43. The lowest BCUT2D eigenvalue weighted by Crippen LogP contribution is -2.39. The first-order valence-corrected chi connectivity index (χ1v) is 13.1. The van der Waals surface area contributed by atoms with Gasteiger partial charge < -0.3 is 14.4 Å². The molecule has 3 aromatic rings. The van der Waals surface area contributed by atoms with Crippen LogP contribution in [0.3, 0.4) is 0 Å². The minimum atomic E-state index is -3.96. The van der Waals surface area contributed by atoms with Gasteiger partial charge in [-0.25, -0.2) is 8.42 Å². The number of para-hydroxylation sites is 1. The molecule has 0 aliphatic carbocycles. The van der Waals surface area contributed by atoms with Crippen molar-refractivity contribution in [1.29, 1.82) is 0 Å². The van der Waals surface area contributed by atoms with Crippen LogP contribution in [-0.4, -0.2) is 46.0 Å². The van der Waals surface area contributed by atoms with Gasteiger partial charge in [-0.3, -0.25) is 9.52 Å². The fourth-order valence-electron chi connectivity index (χ4n) is 4.07. The summed E-state index contributed by atoms with van der Waals surface area (Å²) in [7, 11) is -2.55. The molecule has 7 nitrogen and oxygen atoms in total. The zero-order chi connectivity index (χ0) is 24.8. The van der Waals surface area contributed by atoms with Crippen LogP contribution in [0.5, 0.6) is 11.5 Å². The van der Waals surface area contributed by atoms with Crippen molar-refractivity contribution in [2.45, 2.75) is 24.7 Å².